The Balaban J connectivity index is 2.61. The number of nitrogens with two attached hydrogens (primary N) is 1. The van der Waals surface area contributed by atoms with Gasteiger partial charge in [0.15, 0.2) is 0 Å². The second-order valence-corrected chi connectivity index (χ2v) is 2.96. The third-order valence-electron chi connectivity index (χ3n) is 2.08. The van der Waals surface area contributed by atoms with Gasteiger partial charge in [-0.15, -0.1) is 0 Å². The number of phenolic OH excluding ortho intramolecular Hbond substituents is 1. The van der Waals surface area contributed by atoms with Crippen LogP contribution >= 0.6 is 0 Å². The fraction of sp³-hybridized carbons (Fsp3) is 0.100. The van der Waals surface area contributed by atoms with Crippen molar-refractivity contribution in [2.45, 2.75) is 6.54 Å². The van der Waals surface area contributed by atoms with E-state index in [1.807, 2.05) is 6.07 Å². The highest BCUT2D eigenvalue weighted by Gasteiger charge is 2.07. The van der Waals surface area contributed by atoms with Gasteiger partial charge >= 0.3 is 0 Å². The van der Waals surface area contributed by atoms with Crippen molar-refractivity contribution in [2.75, 3.05) is 0 Å². The molecule has 2 aromatic rings. The molecule has 1 aromatic carbocycles. The monoisotopic (exact) mass is 189 g/mol. The topological polar surface area (TPSA) is 64.1 Å². The quantitative estimate of drug-likeness (QED) is 0.741. The van der Waals surface area contributed by atoms with Crippen molar-refractivity contribution < 1.29 is 5.11 Å². The van der Waals surface area contributed by atoms with E-state index in [9.17, 15) is 5.11 Å². The average molecular weight is 189 g/mol. The number of benzene rings is 1. The van der Waals surface area contributed by atoms with Gasteiger partial charge < -0.3 is 15.4 Å². The summed E-state index contributed by atoms with van der Waals surface area (Å²) in [5.74, 6) is 0.214. The Hall–Kier alpha value is -1.81. The summed E-state index contributed by atoms with van der Waals surface area (Å²) in [6, 6.07) is 5.29. The van der Waals surface area contributed by atoms with E-state index in [-0.39, 0.29) is 5.75 Å². The fourth-order valence-electron chi connectivity index (χ4n) is 1.43. The van der Waals surface area contributed by atoms with E-state index in [1.54, 1.807) is 35.4 Å². The molecule has 0 atom stereocenters. The number of rotatable bonds is 2. The van der Waals surface area contributed by atoms with Crippen LogP contribution in [0.5, 0.6) is 5.75 Å². The molecule has 14 heavy (non-hydrogen) atoms. The van der Waals surface area contributed by atoms with Gasteiger partial charge in [-0.25, -0.2) is 4.98 Å². The Bertz CT molecular complexity index is 423. The van der Waals surface area contributed by atoms with E-state index in [1.165, 1.54) is 0 Å². The molecule has 1 aromatic heterocycles. The Labute approximate surface area is 81.6 Å². The zero-order valence-corrected chi connectivity index (χ0v) is 7.59. The molecular formula is C10H11N3O. The first-order valence-corrected chi connectivity index (χ1v) is 4.32. The Morgan fingerprint density at radius 3 is 2.93 bits per heavy atom. The van der Waals surface area contributed by atoms with Crippen molar-refractivity contribution in [3.05, 3.63) is 42.5 Å². The molecule has 0 saturated carbocycles. The molecule has 0 bridgehead atoms. The number of phenols is 1. The SMILES string of the molecule is NCc1cccc(O)c1-n1ccnc1. The predicted octanol–water partition coefficient (Wildman–Crippen LogP) is 1.04. The van der Waals surface area contributed by atoms with Crippen LogP contribution in [0.4, 0.5) is 0 Å². The van der Waals surface area contributed by atoms with E-state index in [2.05, 4.69) is 4.98 Å². The lowest BCUT2D eigenvalue weighted by atomic mass is 10.1. The molecule has 0 fully saturated rings. The van der Waals surface area contributed by atoms with Crippen LogP contribution in [0.15, 0.2) is 36.9 Å². The second kappa shape index (κ2) is 3.51. The van der Waals surface area contributed by atoms with Crippen molar-refractivity contribution in [1.82, 2.24) is 9.55 Å². The van der Waals surface area contributed by atoms with E-state index >= 15 is 0 Å². The van der Waals surface area contributed by atoms with E-state index < -0.39 is 0 Å². The first kappa shape index (κ1) is 8.77. The molecule has 0 amide bonds. The summed E-state index contributed by atoms with van der Waals surface area (Å²) in [6.07, 6.45) is 5.06. The van der Waals surface area contributed by atoms with E-state index in [0.717, 1.165) is 5.56 Å². The van der Waals surface area contributed by atoms with E-state index in [4.69, 9.17) is 5.73 Å². The summed E-state index contributed by atoms with van der Waals surface area (Å²) in [7, 11) is 0. The number of hydrogen-bond acceptors (Lipinski definition) is 3. The van der Waals surface area contributed by atoms with Gasteiger partial charge in [0.1, 0.15) is 5.75 Å². The van der Waals surface area contributed by atoms with Crippen molar-refractivity contribution in [2.24, 2.45) is 5.73 Å². The molecule has 2 rings (SSSR count). The number of para-hydroxylation sites is 1. The largest absolute Gasteiger partial charge is 0.506 e. The van der Waals surface area contributed by atoms with Gasteiger partial charge in [-0.3, -0.25) is 0 Å². The van der Waals surface area contributed by atoms with Crippen LogP contribution in [0.2, 0.25) is 0 Å². The van der Waals surface area contributed by atoms with Crippen molar-refractivity contribution in [3.8, 4) is 11.4 Å². The zero-order valence-electron chi connectivity index (χ0n) is 7.59. The van der Waals surface area contributed by atoms with Crippen molar-refractivity contribution >= 4 is 0 Å². The molecule has 0 spiro atoms. The second-order valence-electron chi connectivity index (χ2n) is 2.96. The first-order chi connectivity index (χ1) is 6.83. The molecule has 4 nitrogen and oxygen atoms in total. The minimum Gasteiger partial charge on any atom is -0.506 e. The zero-order chi connectivity index (χ0) is 9.97. The lowest BCUT2D eigenvalue weighted by molar-refractivity contribution is 0.471. The van der Waals surface area contributed by atoms with Crippen LogP contribution in [0.1, 0.15) is 5.56 Å². The highest BCUT2D eigenvalue weighted by atomic mass is 16.3. The Kier molecular flexibility index (Phi) is 2.20. The normalized spacial score (nSPS) is 10.4. The molecule has 3 N–H and O–H groups in total. The van der Waals surface area contributed by atoms with Crippen molar-refractivity contribution in [1.29, 1.82) is 0 Å². The lowest BCUT2D eigenvalue weighted by Gasteiger charge is -2.09. The van der Waals surface area contributed by atoms with Gasteiger partial charge in [0, 0.05) is 18.9 Å². The highest BCUT2D eigenvalue weighted by molar-refractivity contribution is 5.51. The maximum Gasteiger partial charge on any atom is 0.139 e. The maximum atomic E-state index is 9.69. The predicted molar refractivity (Wildman–Crippen MR) is 53.1 cm³/mol. The molecule has 0 unspecified atom stereocenters. The molecular weight excluding hydrogens is 178 g/mol. The van der Waals surface area contributed by atoms with Crippen LogP contribution in [-0.2, 0) is 6.54 Å². The van der Waals surface area contributed by atoms with Gasteiger partial charge in [0.2, 0.25) is 0 Å². The summed E-state index contributed by atoms with van der Waals surface area (Å²) >= 11 is 0. The van der Waals surface area contributed by atoms with Gasteiger partial charge in [0.25, 0.3) is 0 Å². The highest BCUT2D eigenvalue weighted by Crippen LogP contribution is 2.24. The fourth-order valence-corrected chi connectivity index (χ4v) is 1.43. The van der Waals surface area contributed by atoms with Gasteiger partial charge in [-0.1, -0.05) is 12.1 Å². The summed E-state index contributed by atoms with van der Waals surface area (Å²) in [6.45, 7) is 0.391. The van der Waals surface area contributed by atoms with Crippen molar-refractivity contribution in [3.63, 3.8) is 0 Å². The Morgan fingerprint density at radius 1 is 1.43 bits per heavy atom. The van der Waals surface area contributed by atoms with Crippen LogP contribution < -0.4 is 5.73 Å². The molecule has 1 heterocycles. The van der Waals surface area contributed by atoms with Crippen LogP contribution in [-0.4, -0.2) is 14.7 Å². The molecule has 0 radical (unpaired) electrons. The average Bonchev–Trinajstić information content (AvgIpc) is 2.70. The number of aromatic nitrogens is 2. The standard InChI is InChI=1S/C10H11N3O/c11-6-8-2-1-3-9(14)10(8)13-5-4-12-7-13/h1-5,7,14H,6,11H2. The third kappa shape index (κ3) is 1.36. The smallest absolute Gasteiger partial charge is 0.139 e. The molecule has 4 heteroatoms. The minimum atomic E-state index is 0.214. The number of aromatic hydroxyl groups is 1. The van der Waals surface area contributed by atoms with Gasteiger partial charge in [-0.2, -0.15) is 0 Å². The summed E-state index contributed by atoms with van der Waals surface area (Å²) in [5, 5.41) is 9.69. The minimum absolute atomic E-state index is 0.214. The molecule has 0 aliphatic carbocycles. The molecule has 0 saturated heterocycles. The van der Waals surface area contributed by atoms with Gasteiger partial charge in [0.05, 0.1) is 12.0 Å². The third-order valence-corrected chi connectivity index (χ3v) is 2.08. The van der Waals surface area contributed by atoms with Crippen LogP contribution in [0.3, 0.4) is 0 Å². The maximum absolute atomic E-state index is 9.69. The van der Waals surface area contributed by atoms with Crippen LogP contribution in [0.25, 0.3) is 5.69 Å². The number of hydrogen-bond donors (Lipinski definition) is 2. The molecule has 0 aliphatic heterocycles. The lowest BCUT2D eigenvalue weighted by Crippen LogP contribution is -2.03. The molecule has 0 aliphatic rings. The summed E-state index contributed by atoms with van der Waals surface area (Å²) in [4.78, 5) is 3.93. The molecule has 72 valence electrons. The number of imidazole rings is 1. The van der Waals surface area contributed by atoms with E-state index in [0.29, 0.717) is 12.2 Å². The van der Waals surface area contributed by atoms with Crippen LogP contribution in [0, 0.1) is 0 Å². The Morgan fingerprint density at radius 2 is 2.29 bits per heavy atom. The summed E-state index contributed by atoms with van der Waals surface area (Å²) in [5.41, 5.74) is 7.17. The summed E-state index contributed by atoms with van der Waals surface area (Å²) < 4.78 is 1.75. The number of nitrogens with zero attached hydrogens (tertiary/aromatic N) is 2. The van der Waals surface area contributed by atoms with Gasteiger partial charge in [-0.05, 0) is 11.6 Å². The first-order valence-electron chi connectivity index (χ1n) is 4.32.